The largest absolute Gasteiger partial charge is 0.355 e. The van der Waals surface area contributed by atoms with E-state index < -0.39 is 0 Å². The standard InChI is InChI=1S/C38H27N/c1-38(29-15-9-4-10-16-29)33-20-17-27(25-11-5-2-6-12-25)23-31(33)30-19-22-35-36(37(30)38)32-24-28(18-21-34(32)39-35)26-13-7-3-8-14-26/h2-24,39H,1H3. The highest BCUT2D eigenvalue weighted by Crippen LogP contribution is 2.56. The first-order valence-corrected chi connectivity index (χ1v) is 13.6. The molecule has 8 rings (SSSR count). The molecule has 0 saturated heterocycles. The summed E-state index contributed by atoms with van der Waals surface area (Å²) in [6.45, 7) is 2.41. The van der Waals surface area contributed by atoms with Gasteiger partial charge in [-0.05, 0) is 81.3 Å². The summed E-state index contributed by atoms with van der Waals surface area (Å²) in [5, 5.41) is 2.60. The van der Waals surface area contributed by atoms with Crippen molar-refractivity contribution in [3.63, 3.8) is 0 Å². The summed E-state index contributed by atoms with van der Waals surface area (Å²) in [6.07, 6.45) is 0. The fraction of sp³-hybridized carbons (Fsp3) is 0.0526. The van der Waals surface area contributed by atoms with Crippen molar-refractivity contribution in [3.05, 3.63) is 156 Å². The van der Waals surface area contributed by atoms with Crippen LogP contribution in [0.1, 0.15) is 23.6 Å². The van der Waals surface area contributed by atoms with Crippen molar-refractivity contribution in [2.24, 2.45) is 0 Å². The maximum absolute atomic E-state index is 3.74. The second-order valence-corrected chi connectivity index (χ2v) is 10.8. The molecule has 1 unspecified atom stereocenters. The van der Waals surface area contributed by atoms with Crippen LogP contribution in [0.5, 0.6) is 0 Å². The van der Waals surface area contributed by atoms with Crippen LogP contribution in [-0.4, -0.2) is 4.98 Å². The molecule has 0 radical (unpaired) electrons. The highest BCUT2D eigenvalue weighted by Gasteiger charge is 2.42. The van der Waals surface area contributed by atoms with E-state index in [9.17, 15) is 0 Å². The Hall–Kier alpha value is -4.88. The highest BCUT2D eigenvalue weighted by atomic mass is 14.7. The Morgan fingerprint density at radius 1 is 0.487 bits per heavy atom. The monoisotopic (exact) mass is 497 g/mol. The van der Waals surface area contributed by atoms with E-state index >= 15 is 0 Å². The van der Waals surface area contributed by atoms with Gasteiger partial charge in [0.15, 0.2) is 0 Å². The average Bonchev–Trinajstić information content (AvgIpc) is 3.51. The third kappa shape index (κ3) is 3.20. The van der Waals surface area contributed by atoms with Crippen LogP contribution >= 0.6 is 0 Å². The first kappa shape index (κ1) is 22.1. The lowest BCUT2D eigenvalue weighted by molar-refractivity contribution is 0.721. The summed E-state index contributed by atoms with van der Waals surface area (Å²) >= 11 is 0. The normalized spacial score (nSPS) is 15.9. The van der Waals surface area contributed by atoms with Crippen LogP contribution in [0.2, 0.25) is 0 Å². The van der Waals surface area contributed by atoms with Crippen LogP contribution < -0.4 is 0 Å². The molecule has 0 bridgehead atoms. The van der Waals surface area contributed by atoms with Gasteiger partial charge in [-0.15, -0.1) is 0 Å². The van der Waals surface area contributed by atoms with Gasteiger partial charge in [-0.25, -0.2) is 0 Å². The van der Waals surface area contributed by atoms with Gasteiger partial charge in [0.05, 0.1) is 0 Å². The summed E-state index contributed by atoms with van der Waals surface area (Å²) in [5.74, 6) is 0. The highest BCUT2D eigenvalue weighted by molar-refractivity contribution is 6.14. The Morgan fingerprint density at radius 3 is 1.77 bits per heavy atom. The van der Waals surface area contributed by atoms with Gasteiger partial charge in [-0.3, -0.25) is 0 Å². The van der Waals surface area contributed by atoms with E-state index in [0.717, 1.165) is 0 Å². The summed E-state index contributed by atoms with van der Waals surface area (Å²) < 4.78 is 0. The molecule has 1 aliphatic rings. The lowest BCUT2D eigenvalue weighted by Gasteiger charge is -2.29. The number of rotatable bonds is 3. The number of hydrogen-bond donors (Lipinski definition) is 1. The molecule has 0 aliphatic heterocycles. The molecule has 1 aromatic heterocycles. The van der Waals surface area contributed by atoms with Crippen molar-refractivity contribution < 1.29 is 0 Å². The van der Waals surface area contributed by atoms with E-state index in [1.165, 1.54) is 71.9 Å². The topological polar surface area (TPSA) is 15.8 Å². The molecule has 7 aromatic rings. The molecule has 1 heterocycles. The Labute approximate surface area is 228 Å². The Bertz CT molecular complexity index is 2000. The minimum Gasteiger partial charge on any atom is -0.355 e. The van der Waals surface area contributed by atoms with Gasteiger partial charge in [0.2, 0.25) is 0 Å². The van der Waals surface area contributed by atoms with Gasteiger partial charge >= 0.3 is 0 Å². The van der Waals surface area contributed by atoms with E-state index in [-0.39, 0.29) is 5.41 Å². The number of hydrogen-bond acceptors (Lipinski definition) is 0. The van der Waals surface area contributed by atoms with Gasteiger partial charge in [0, 0.05) is 27.2 Å². The molecular weight excluding hydrogens is 470 g/mol. The van der Waals surface area contributed by atoms with E-state index in [4.69, 9.17) is 0 Å². The third-order valence-corrected chi connectivity index (χ3v) is 8.68. The maximum Gasteiger partial charge on any atom is 0.0468 e. The summed E-state index contributed by atoms with van der Waals surface area (Å²) in [6, 6.07) is 50.9. The van der Waals surface area contributed by atoms with Crippen LogP contribution in [0.3, 0.4) is 0 Å². The summed E-state index contributed by atoms with van der Waals surface area (Å²) in [7, 11) is 0. The van der Waals surface area contributed by atoms with E-state index in [0.29, 0.717) is 0 Å². The van der Waals surface area contributed by atoms with Crippen molar-refractivity contribution in [3.8, 4) is 33.4 Å². The molecule has 0 amide bonds. The van der Waals surface area contributed by atoms with E-state index in [2.05, 4.69) is 151 Å². The first-order chi connectivity index (χ1) is 19.2. The maximum atomic E-state index is 3.74. The quantitative estimate of drug-likeness (QED) is 0.250. The van der Waals surface area contributed by atoms with Crippen molar-refractivity contribution in [1.82, 2.24) is 4.98 Å². The smallest absolute Gasteiger partial charge is 0.0468 e. The Balaban J connectivity index is 1.46. The van der Waals surface area contributed by atoms with Crippen LogP contribution in [0.25, 0.3) is 55.2 Å². The SMILES string of the molecule is CC1(c2ccccc2)c2ccc(-c3ccccc3)cc2-c2ccc3[nH]c4ccc(-c5ccccc5)cc4c3c21. The third-order valence-electron chi connectivity index (χ3n) is 8.68. The van der Waals surface area contributed by atoms with Crippen LogP contribution in [-0.2, 0) is 5.41 Å². The van der Waals surface area contributed by atoms with Gasteiger partial charge in [-0.1, -0.05) is 115 Å². The zero-order valence-corrected chi connectivity index (χ0v) is 21.8. The molecule has 1 aliphatic carbocycles. The number of nitrogens with one attached hydrogen (secondary N) is 1. The zero-order chi connectivity index (χ0) is 26.0. The summed E-state index contributed by atoms with van der Waals surface area (Å²) in [4.78, 5) is 3.74. The van der Waals surface area contributed by atoms with E-state index in [1.54, 1.807) is 0 Å². The van der Waals surface area contributed by atoms with Gasteiger partial charge in [0.1, 0.15) is 0 Å². The number of aromatic nitrogens is 1. The fourth-order valence-corrected chi connectivity index (χ4v) is 6.76. The van der Waals surface area contributed by atoms with Gasteiger partial charge in [-0.2, -0.15) is 0 Å². The lowest BCUT2D eigenvalue weighted by Crippen LogP contribution is -2.22. The number of fused-ring (bicyclic) bond motifs is 7. The van der Waals surface area contributed by atoms with Crippen molar-refractivity contribution in [1.29, 1.82) is 0 Å². The lowest BCUT2D eigenvalue weighted by atomic mass is 9.73. The molecule has 6 aromatic carbocycles. The molecule has 1 heteroatoms. The molecule has 0 spiro atoms. The average molecular weight is 498 g/mol. The Morgan fingerprint density at radius 2 is 1.08 bits per heavy atom. The molecule has 0 fully saturated rings. The van der Waals surface area contributed by atoms with Crippen molar-refractivity contribution in [2.45, 2.75) is 12.3 Å². The van der Waals surface area contributed by atoms with Crippen molar-refractivity contribution >= 4 is 21.8 Å². The first-order valence-electron chi connectivity index (χ1n) is 13.6. The van der Waals surface area contributed by atoms with Crippen LogP contribution in [0.4, 0.5) is 0 Å². The van der Waals surface area contributed by atoms with Gasteiger partial charge in [0.25, 0.3) is 0 Å². The Kier molecular flexibility index (Phi) is 4.72. The minimum absolute atomic E-state index is 0.279. The van der Waals surface area contributed by atoms with E-state index in [1.807, 2.05) is 0 Å². The molecule has 184 valence electrons. The molecule has 1 nitrogen and oxygen atoms in total. The number of H-pyrrole nitrogens is 1. The zero-order valence-electron chi connectivity index (χ0n) is 21.8. The van der Waals surface area contributed by atoms with Crippen LogP contribution in [0, 0.1) is 0 Å². The molecule has 39 heavy (non-hydrogen) atoms. The summed E-state index contributed by atoms with van der Waals surface area (Å²) in [5.41, 5.74) is 13.8. The van der Waals surface area contributed by atoms with Crippen molar-refractivity contribution in [2.75, 3.05) is 0 Å². The van der Waals surface area contributed by atoms with Crippen LogP contribution in [0.15, 0.2) is 140 Å². The second kappa shape index (κ2) is 8.31. The fourth-order valence-electron chi connectivity index (χ4n) is 6.76. The molecule has 1 atom stereocenters. The van der Waals surface area contributed by atoms with Gasteiger partial charge < -0.3 is 4.98 Å². The minimum atomic E-state index is -0.279. The predicted molar refractivity (Wildman–Crippen MR) is 164 cm³/mol. The number of aromatic amines is 1. The molecular formula is C38H27N. The second-order valence-electron chi connectivity index (χ2n) is 10.8. The predicted octanol–water partition coefficient (Wildman–Crippen LogP) is 9.99. The molecule has 1 N–H and O–H groups in total. The molecule has 0 saturated carbocycles. The number of benzene rings is 6.